The van der Waals surface area contributed by atoms with Crippen LogP contribution in [0.5, 0.6) is 0 Å². The van der Waals surface area contributed by atoms with Gasteiger partial charge in [-0.15, -0.1) is 0 Å². The van der Waals surface area contributed by atoms with E-state index in [1.54, 1.807) is 17.0 Å². The minimum Gasteiger partial charge on any atom is -0.478 e. The molecule has 108 valence electrons. The first kappa shape index (κ1) is 14.7. The van der Waals surface area contributed by atoms with Gasteiger partial charge in [-0.3, -0.25) is 9.00 Å². The molecule has 1 unspecified atom stereocenters. The van der Waals surface area contributed by atoms with Crippen LogP contribution >= 0.6 is 0 Å². The molecule has 1 aromatic carbocycles. The predicted molar refractivity (Wildman–Crippen MR) is 75.9 cm³/mol. The van der Waals surface area contributed by atoms with Gasteiger partial charge in [0.05, 0.1) is 5.56 Å². The number of benzene rings is 1. The summed E-state index contributed by atoms with van der Waals surface area (Å²) in [5.74, 6) is -0.718. The smallest absolute Gasteiger partial charge is 0.335 e. The molecule has 6 heteroatoms. The van der Waals surface area contributed by atoms with Crippen molar-refractivity contribution in [3.05, 3.63) is 35.4 Å². The molecule has 0 aromatic heterocycles. The minimum absolute atomic E-state index is 0.0423. The number of carboxylic acids is 1. The number of nitrogens with zero attached hydrogens (tertiary/aromatic N) is 1. The van der Waals surface area contributed by atoms with Gasteiger partial charge in [0.1, 0.15) is 5.75 Å². The van der Waals surface area contributed by atoms with Crippen LogP contribution in [0.25, 0.3) is 0 Å². The lowest BCUT2D eigenvalue weighted by Gasteiger charge is -2.14. The van der Waals surface area contributed by atoms with Crippen LogP contribution in [0, 0.1) is 0 Å². The molecule has 1 fully saturated rings. The second-order valence-corrected chi connectivity index (χ2v) is 6.28. The maximum absolute atomic E-state index is 11.9. The Morgan fingerprint density at radius 3 is 2.30 bits per heavy atom. The van der Waals surface area contributed by atoms with Crippen molar-refractivity contribution >= 4 is 22.7 Å². The Bertz CT molecular complexity index is 520. The van der Waals surface area contributed by atoms with E-state index in [-0.39, 0.29) is 23.0 Å². The van der Waals surface area contributed by atoms with Gasteiger partial charge in [-0.25, -0.2) is 4.79 Å². The van der Waals surface area contributed by atoms with Gasteiger partial charge >= 0.3 is 5.97 Å². The molecule has 20 heavy (non-hydrogen) atoms. The monoisotopic (exact) mass is 295 g/mol. The highest BCUT2D eigenvalue weighted by Gasteiger charge is 2.19. The van der Waals surface area contributed by atoms with Gasteiger partial charge in [-0.1, -0.05) is 12.1 Å². The molecule has 0 bridgehead atoms. The molecular weight excluding hydrogens is 278 g/mol. The summed E-state index contributed by atoms with van der Waals surface area (Å²) in [6.45, 7) is 1.53. The first-order valence-electron chi connectivity index (χ1n) is 6.51. The molecule has 0 spiro atoms. The molecule has 0 aliphatic carbocycles. The van der Waals surface area contributed by atoms with Crippen LogP contribution in [0.15, 0.2) is 24.3 Å². The molecule has 1 atom stereocenters. The highest BCUT2D eigenvalue weighted by Crippen LogP contribution is 2.10. The molecular formula is C14H17NO4S. The minimum atomic E-state index is -1.25. The molecule has 1 N–H and O–H groups in total. The number of likely N-dealkylation sites (tertiary alicyclic amines) is 1. The Kier molecular flexibility index (Phi) is 4.89. The van der Waals surface area contributed by atoms with Gasteiger partial charge in [0.15, 0.2) is 0 Å². The number of carboxylic acid groups (broad SMARTS) is 1. The maximum atomic E-state index is 11.9. The molecule has 0 saturated carbocycles. The SMILES string of the molecule is O=C(O)c1ccc(CS(=O)CC(=O)N2CCCC2)cc1. The largest absolute Gasteiger partial charge is 0.478 e. The van der Waals surface area contributed by atoms with Crippen LogP contribution in [-0.4, -0.2) is 44.9 Å². The third-order valence-electron chi connectivity index (χ3n) is 3.27. The Morgan fingerprint density at radius 2 is 1.75 bits per heavy atom. The number of hydrogen-bond acceptors (Lipinski definition) is 3. The van der Waals surface area contributed by atoms with Crippen molar-refractivity contribution in [1.82, 2.24) is 4.90 Å². The van der Waals surface area contributed by atoms with Crippen molar-refractivity contribution < 1.29 is 18.9 Å². The van der Waals surface area contributed by atoms with Crippen molar-refractivity contribution in [3.8, 4) is 0 Å². The predicted octanol–water partition coefficient (Wildman–Crippen LogP) is 1.26. The van der Waals surface area contributed by atoms with Crippen LogP contribution in [0.3, 0.4) is 0 Å². The summed E-state index contributed by atoms with van der Waals surface area (Å²) in [7, 11) is -1.25. The van der Waals surface area contributed by atoms with E-state index < -0.39 is 16.8 Å². The number of aromatic carboxylic acids is 1. The highest BCUT2D eigenvalue weighted by molar-refractivity contribution is 7.84. The van der Waals surface area contributed by atoms with Gasteiger partial charge < -0.3 is 10.0 Å². The van der Waals surface area contributed by atoms with Crippen LogP contribution < -0.4 is 0 Å². The number of carbonyl (C=O) groups is 2. The van der Waals surface area contributed by atoms with Gasteiger partial charge in [0.2, 0.25) is 5.91 Å². The Hall–Kier alpha value is -1.69. The summed E-state index contributed by atoms with van der Waals surface area (Å²) in [5.41, 5.74) is 0.982. The number of carbonyl (C=O) groups excluding carboxylic acids is 1. The van der Waals surface area contributed by atoms with E-state index in [2.05, 4.69) is 0 Å². The zero-order valence-corrected chi connectivity index (χ0v) is 11.9. The normalized spacial score (nSPS) is 16.1. The zero-order chi connectivity index (χ0) is 14.5. The fourth-order valence-electron chi connectivity index (χ4n) is 2.18. The quantitative estimate of drug-likeness (QED) is 0.887. The van der Waals surface area contributed by atoms with Crippen molar-refractivity contribution in [2.45, 2.75) is 18.6 Å². The fourth-order valence-corrected chi connectivity index (χ4v) is 3.30. The fraction of sp³-hybridized carbons (Fsp3) is 0.429. The molecule has 1 saturated heterocycles. The van der Waals surface area contributed by atoms with E-state index in [0.29, 0.717) is 0 Å². The lowest BCUT2D eigenvalue weighted by molar-refractivity contribution is -0.127. The van der Waals surface area contributed by atoms with Crippen LogP contribution in [0.1, 0.15) is 28.8 Å². The third-order valence-corrected chi connectivity index (χ3v) is 4.50. The third kappa shape index (κ3) is 3.90. The number of rotatable bonds is 5. The molecule has 1 heterocycles. The van der Waals surface area contributed by atoms with E-state index in [1.165, 1.54) is 12.1 Å². The van der Waals surface area contributed by atoms with Crippen molar-refractivity contribution in [3.63, 3.8) is 0 Å². The summed E-state index contributed by atoms with van der Waals surface area (Å²) in [6.07, 6.45) is 2.05. The van der Waals surface area contributed by atoms with Crippen LogP contribution in [0.4, 0.5) is 0 Å². The van der Waals surface area contributed by atoms with E-state index in [9.17, 15) is 13.8 Å². The average molecular weight is 295 g/mol. The highest BCUT2D eigenvalue weighted by atomic mass is 32.2. The Balaban J connectivity index is 1.87. The summed E-state index contributed by atoms with van der Waals surface area (Å²) in [4.78, 5) is 24.3. The molecule has 1 aliphatic rings. The Morgan fingerprint density at radius 1 is 1.15 bits per heavy atom. The molecule has 0 radical (unpaired) electrons. The summed E-state index contributed by atoms with van der Waals surface area (Å²) in [5, 5.41) is 8.79. The van der Waals surface area contributed by atoms with E-state index >= 15 is 0 Å². The zero-order valence-electron chi connectivity index (χ0n) is 11.1. The van der Waals surface area contributed by atoms with Gasteiger partial charge in [-0.05, 0) is 30.5 Å². The van der Waals surface area contributed by atoms with Crippen LogP contribution in [-0.2, 0) is 21.3 Å². The maximum Gasteiger partial charge on any atom is 0.335 e. The first-order valence-corrected chi connectivity index (χ1v) is 8.00. The number of hydrogen-bond donors (Lipinski definition) is 1. The number of amides is 1. The summed E-state index contributed by atoms with van der Waals surface area (Å²) >= 11 is 0. The molecule has 5 nitrogen and oxygen atoms in total. The average Bonchev–Trinajstić information content (AvgIpc) is 2.93. The topological polar surface area (TPSA) is 74.7 Å². The lowest BCUT2D eigenvalue weighted by atomic mass is 10.1. The van der Waals surface area contributed by atoms with Crippen molar-refractivity contribution in [2.75, 3.05) is 18.8 Å². The summed E-state index contributed by atoms with van der Waals surface area (Å²) in [6, 6.07) is 6.25. The van der Waals surface area contributed by atoms with Gasteiger partial charge in [0, 0.05) is 29.6 Å². The molecule has 1 aromatic rings. The Labute approximate surface area is 120 Å². The molecule has 1 amide bonds. The van der Waals surface area contributed by atoms with Crippen molar-refractivity contribution in [2.24, 2.45) is 0 Å². The standard InChI is InChI=1S/C14H17NO4S/c16-13(15-7-1-2-8-15)10-20(19)9-11-3-5-12(6-4-11)14(17)18/h3-6H,1-2,7-10H2,(H,17,18). The molecule has 1 aliphatic heterocycles. The second kappa shape index (κ2) is 6.65. The van der Waals surface area contributed by atoms with Crippen molar-refractivity contribution in [1.29, 1.82) is 0 Å². The summed E-state index contributed by atoms with van der Waals surface area (Å²) < 4.78 is 11.9. The lowest BCUT2D eigenvalue weighted by Crippen LogP contribution is -2.31. The van der Waals surface area contributed by atoms with Gasteiger partial charge in [0.25, 0.3) is 0 Å². The van der Waals surface area contributed by atoms with E-state index in [0.717, 1.165) is 31.5 Å². The second-order valence-electron chi connectivity index (χ2n) is 4.82. The van der Waals surface area contributed by atoms with E-state index in [1.807, 2.05) is 0 Å². The van der Waals surface area contributed by atoms with Crippen LogP contribution in [0.2, 0.25) is 0 Å². The van der Waals surface area contributed by atoms with E-state index in [4.69, 9.17) is 5.11 Å². The first-order chi connectivity index (χ1) is 9.56. The van der Waals surface area contributed by atoms with Gasteiger partial charge in [-0.2, -0.15) is 0 Å². The molecule has 2 rings (SSSR count).